The number of aliphatic carboxylic acids is 1. The lowest BCUT2D eigenvalue weighted by Crippen LogP contribution is -2.52. The molecular weight excluding hydrogens is 437 g/mol. The summed E-state index contributed by atoms with van der Waals surface area (Å²) in [6.45, 7) is 2.09. The number of carbonyl (C=O) groups is 2. The summed E-state index contributed by atoms with van der Waals surface area (Å²) >= 11 is 12.2. The van der Waals surface area contributed by atoms with Crippen LogP contribution in [0.5, 0.6) is 0 Å². The maximum absolute atomic E-state index is 12.7. The van der Waals surface area contributed by atoms with Crippen molar-refractivity contribution in [3.8, 4) is 0 Å². The second-order valence-electron chi connectivity index (χ2n) is 8.22. The molecule has 2 N–H and O–H groups in total. The van der Waals surface area contributed by atoms with E-state index >= 15 is 0 Å². The summed E-state index contributed by atoms with van der Waals surface area (Å²) in [6.07, 6.45) is 0.812. The van der Waals surface area contributed by atoms with Gasteiger partial charge in [0.15, 0.2) is 0 Å². The number of hydrogen-bond acceptors (Lipinski definition) is 3. The number of halogens is 2. The first-order chi connectivity index (χ1) is 14.8. The summed E-state index contributed by atoms with van der Waals surface area (Å²) in [5, 5.41) is 13.6. The van der Waals surface area contributed by atoms with E-state index in [4.69, 9.17) is 27.9 Å². The van der Waals surface area contributed by atoms with Crippen LogP contribution in [0.25, 0.3) is 0 Å². The lowest BCUT2D eigenvalue weighted by Gasteiger charge is -2.40. The summed E-state index contributed by atoms with van der Waals surface area (Å²) in [5.74, 6) is -1.73. The Morgan fingerprint density at radius 1 is 1.19 bits per heavy atom. The molecule has 5 atom stereocenters. The molecule has 1 amide bonds. The second-order valence-corrected chi connectivity index (χ2v) is 9.09. The Labute approximate surface area is 192 Å². The van der Waals surface area contributed by atoms with Crippen LogP contribution in [-0.2, 0) is 14.3 Å². The van der Waals surface area contributed by atoms with Crippen molar-refractivity contribution >= 4 is 35.1 Å². The van der Waals surface area contributed by atoms with Crippen LogP contribution >= 0.6 is 23.2 Å². The molecule has 0 aromatic heterocycles. The normalized spacial score (nSPS) is 23.1. The smallest absolute Gasteiger partial charge is 0.304 e. The van der Waals surface area contributed by atoms with Crippen LogP contribution < -0.4 is 5.32 Å². The predicted octanol–water partition coefficient (Wildman–Crippen LogP) is 5.47. The minimum Gasteiger partial charge on any atom is -0.481 e. The highest BCUT2D eigenvalue weighted by atomic mass is 35.5. The molecular formula is C24H27Cl2NO4. The molecule has 1 aliphatic rings. The zero-order chi connectivity index (χ0) is 22.5. The van der Waals surface area contributed by atoms with Crippen LogP contribution in [0.1, 0.15) is 49.3 Å². The quantitative estimate of drug-likeness (QED) is 0.543. The molecule has 3 rings (SSSR count). The summed E-state index contributed by atoms with van der Waals surface area (Å²) in [4.78, 5) is 24.0. The van der Waals surface area contributed by atoms with Gasteiger partial charge in [-0.15, -0.1) is 0 Å². The van der Waals surface area contributed by atoms with Crippen molar-refractivity contribution in [2.24, 2.45) is 11.8 Å². The maximum Gasteiger partial charge on any atom is 0.304 e. The number of amides is 1. The SMILES string of the molecule is CO[C@@H](CC(C)[C@@H]1NC(=O)[C@H](CC(=O)O)C[C@@H]1c1cccc(Cl)c1)c1ccc(Cl)cc1. The van der Waals surface area contributed by atoms with E-state index in [0.717, 1.165) is 11.1 Å². The highest BCUT2D eigenvalue weighted by Crippen LogP contribution is 2.39. The molecule has 1 fully saturated rings. The van der Waals surface area contributed by atoms with E-state index in [-0.39, 0.29) is 36.3 Å². The van der Waals surface area contributed by atoms with Crippen molar-refractivity contribution < 1.29 is 19.4 Å². The summed E-state index contributed by atoms with van der Waals surface area (Å²) in [6, 6.07) is 15.0. The van der Waals surface area contributed by atoms with Crippen LogP contribution in [0, 0.1) is 11.8 Å². The Bertz CT molecular complexity index is 918. The van der Waals surface area contributed by atoms with Crippen molar-refractivity contribution in [2.75, 3.05) is 7.11 Å². The lowest BCUT2D eigenvalue weighted by atomic mass is 9.73. The Morgan fingerprint density at radius 2 is 1.90 bits per heavy atom. The van der Waals surface area contributed by atoms with Crippen molar-refractivity contribution in [3.05, 3.63) is 69.7 Å². The number of piperidine rings is 1. The number of carbonyl (C=O) groups excluding carboxylic acids is 1. The topological polar surface area (TPSA) is 75.6 Å². The van der Waals surface area contributed by atoms with Gasteiger partial charge >= 0.3 is 5.97 Å². The fraction of sp³-hybridized carbons (Fsp3) is 0.417. The van der Waals surface area contributed by atoms with Crippen LogP contribution in [0.2, 0.25) is 10.0 Å². The van der Waals surface area contributed by atoms with Gasteiger partial charge < -0.3 is 15.2 Å². The number of ether oxygens (including phenoxy) is 1. The third-order valence-electron chi connectivity index (χ3n) is 6.07. The monoisotopic (exact) mass is 463 g/mol. The van der Waals surface area contributed by atoms with Gasteiger partial charge in [0.1, 0.15) is 0 Å². The molecule has 1 unspecified atom stereocenters. The molecule has 166 valence electrons. The van der Waals surface area contributed by atoms with Gasteiger partial charge in [0.2, 0.25) is 5.91 Å². The van der Waals surface area contributed by atoms with Crippen molar-refractivity contribution in [1.82, 2.24) is 5.32 Å². The predicted molar refractivity (Wildman–Crippen MR) is 121 cm³/mol. The van der Waals surface area contributed by atoms with E-state index < -0.39 is 11.9 Å². The molecule has 0 spiro atoms. The van der Waals surface area contributed by atoms with Crippen LogP contribution in [0.15, 0.2) is 48.5 Å². The fourth-order valence-corrected chi connectivity index (χ4v) is 4.80. The Balaban J connectivity index is 1.85. The minimum atomic E-state index is -0.973. The highest BCUT2D eigenvalue weighted by molar-refractivity contribution is 6.30. The number of methoxy groups -OCH3 is 1. The van der Waals surface area contributed by atoms with Crippen LogP contribution in [0.4, 0.5) is 0 Å². The third kappa shape index (κ3) is 6.00. The van der Waals surface area contributed by atoms with Crippen LogP contribution in [0.3, 0.4) is 0 Å². The van der Waals surface area contributed by atoms with Gasteiger partial charge in [-0.2, -0.15) is 0 Å². The third-order valence-corrected chi connectivity index (χ3v) is 6.56. The Kier molecular flexibility index (Phi) is 7.98. The van der Waals surface area contributed by atoms with Gasteiger partial charge in [-0.3, -0.25) is 9.59 Å². The molecule has 2 aromatic carbocycles. The number of carboxylic acid groups (broad SMARTS) is 1. The first-order valence-corrected chi connectivity index (χ1v) is 11.1. The average molecular weight is 464 g/mol. The van der Waals surface area contributed by atoms with Gasteiger partial charge in [0.25, 0.3) is 0 Å². The Morgan fingerprint density at radius 3 is 2.52 bits per heavy atom. The number of nitrogens with one attached hydrogen (secondary N) is 1. The van der Waals surface area contributed by atoms with Gasteiger partial charge in [-0.1, -0.05) is 54.4 Å². The molecule has 1 heterocycles. The molecule has 1 saturated heterocycles. The number of carboxylic acids is 1. The van der Waals surface area contributed by atoms with Gasteiger partial charge in [-0.05, 0) is 54.2 Å². The largest absolute Gasteiger partial charge is 0.481 e. The summed E-state index contributed by atoms with van der Waals surface area (Å²) < 4.78 is 5.74. The number of hydrogen-bond donors (Lipinski definition) is 2. The molecule has 5 nitrogen and oxygen atoms in total. The summed E-state index contributed by atoms with van der Waals surface area (Å²) in [5.41, 5.74) is 2.02. The lowest BCUT2D eigenvalue weighted by molar-refractivity contribution is -0.142. The zero-order valence-corrected chi connectivity index (χ0v) is 19.1. The van der Waals surface area contributed by atoms with Crippen molar-refractivity contribution in [3.63, 3.8) is 0 Å². The standard InChI is InChI=1S/C24H27Cl2NO4/c1-14(10-21(31-2)15-6-8-18(25)9-7-15)23-20(16-4-3-5-19(26)11-16)12-17(13-22(28)29)24(30)27-23/h3-9,11,14,17,20-21,23H,10,12-13H2,1-2H3,(H,27,30)(H,28,29)/t14?,17-,20+,21-,23-/m0/s1. The maximum atomic E-state index is 12.7. The van der Waals surface area contributed by atoms with E-state index in [0.29, 0.717) is 22.9 Å². The van der Waals surface area contributed by atoms with Gasteiger partial charge in [0, 0.05) is 35.0 Å². The van der Waals surface area contributed by atoms with E-state index in [1.165, 1.54) is 0 Å². The van der Waals surface area contributed by atoms with E-state index in [1.807, 2.05) is 42.5 Å². The molecule has 2 aromatic rings. The number of rotatable bonds is 8. The molecule has 0 bridgehead atoms. The fourth-order valence-electron chi connectivity index (χ4n) is 4.48. The van der Waals surface area contributed by atoms with Gasteiger partial charge in [-0.25, -0.2) is 0 Å². The molecule has 7 heteroatoms. The van der Waals surface area contributed by atoms with Crippen molar-refractivity contribution in [2.45, 2.75) is 44.2 Å². The van der Waals surface area contributed by atoms with E-state index in [9.17, 15) is 14.7 Å². The molecule has 0 saturated carbocycles. The highest BCUT2D eigenvalue weighted by Gasteiger charge is 2.40. The number of benzene rings is 2. The Hall–Kier alpha value is -2.08. The van der Waals surface area contributed by atoms with E-state index in [2.05, 4.69) is 12.2 Å². The van der Waals surface area contributed by atoms with Crippen molar-refractivity contribution in [1.29, 1.82) is 0 Å². The second kappa shape index (κ2) is 10.5. The molecule has 0 radical (unpaired) electrons. The van der Waals surface area contributed by atoms with Gasteiger partial charge in [0.05, 0.1) is 12.5 Å². The summed E-state index contributed by atoms with van der Waals surface area (Å²) in [7, 11) is 1.67. The minimum absolute atomic E-state index is 0.0431. The molecule has 31 heavy (non-hydrogen) atoms. The first-order valence-electron chi connectivity index (χ1n) is 10.3. The van der Waals surface area contributed by atoms with E-state index in [1.54, 1.807) is 13.2 Å². The molecule has 0 aliphatic carbocycles. The molecule has 1 aliphatic heterocycles. The van der Waals surface area contributed by atoms with Crippen LogP contribution in [-0.4, -0.2) is 30.1 Å². The zero-order valence-electron chi connectivity index (χ0n) is 17.6. The average Bonchev–Trinajstić information content (AvgIpc) is 2.73. The first kappa shape index (κ1) is 23.6.